The Labute approximate surface area is 216 Å². The molecule has 0 aliphatic carbocycles. The van der Waals surface area contributed by atoms with E-state index in [4.69, 9.17) is 0 Å². The molecular weight excluding hydrogens is 446 g/mol. The lowest BCUT2D eigenvalue weighted by Gasteiger charge is -2.11. The summed E-state index contributed by atoms with van der Waals surface area (Å²) in [6, 6.07) is 52.2. The fraction of sp³-hybridized carbons (Fsp3) is 0. The Morgan fingerprint density at radius 2 is 0.784 bits per heavy atom. The van der Waals surface area contributed by atoms with Gasteiger partial charge in [-0.15, -0.1) is 0 Å². The molecule has 0 amide bonds. The van der Waals surface area contributed by atoms with Crippen LogP contribution in [0.2, 0.25) is 0 Å². The van der Waals surface area contributed by atoms with Gasteiger partial charge >= 0.3 is 0 Å². The zero-order valence-electron chi connectivity index (χ0n) is 20.4. The van der Waals surface area contributed by atoms with E-state index in [9.17, 15) is 0 Å². The van der Waals surface area contributed by atoms with E-state index in [2.05, 4.69) is 145 Å². The zero-order chi connectivity index (χ0) is 24.6. The van der Waals surface area contributed by atoms with Gasteiger partial charge in [-0.05, 0) is 84.9 Å². The standard InChI is InChI=1S/C36H25N/c1-2-6-25(7-3-1)26-12-18-31(19-13-26)37-32-20-14-27(15-21-32)30-11-10-29-17-22-34-33-9-5-4-8-28(33)16-23-35(34)36(29)24-30/h1-24,37H. The van der Waals surface area contributed by atoms with Gasteiger partial charge < -0.3 is 5.32 Å². The van der Waals surface area contributed by atoms with E-state index >= 15 is 0 Å². The number of nitrogens with one attached hydrogen (secondary N) is 1. The second kappa shape index (κ2) is 8.96. The summed E-state index contributed by atoms with van der Waals surface area (Å²) in [5.74, 6) is 0. The lowest BCUT2D eigenvalue weighted by atomic mass is 9.94. The van der Waals surface area contributed by atoms with Crippen LogP contribution in [-0.4, -0.2) is 0 Å². The van der Waals surface area contributed by atoms with Gasteiger partial charge in [-0.3, -0.25) is 0 Å². The SMILES string of the molecule is c1ccc(-c2ccc(Nc3ccc(-c4ccc5ccc6c7ccccc7ccc6c5c4)cc3)cc2)cc1. The van der Waals surface area contributed by atoms with Crippen LogP contribution in [0.3, 0.4) is 0 Å². The number of benzene rings is 7. The highest BCUT2D eigenvalue weighted by molar-refractivity contribution is 6.17. The minimum absolute atomic E-state index is 1.08. The normalized spacial score (nSPS) is 11.2. The first-order valence-corrected chi connectivity index (χ1v) is 12.7. The van der Waals surface area contributed by atoms with Gasteiger partial charge in [0.05, 0.1) is 0 Å². The Hall–Kier alpha value is -4.88. The summed E-state index contributed by atoms with van der Waals surface area (Å²) in [7, 11) is 0. The molecule has 0 aliphatic heterocycles. The molecule has 7 aromatic rings. The van der Waals surface area contributed by atoms with Crippen molar-refractivity contribution in [3.05, 3.63) is 146 Å². The van der Waals surface area contributed by atoms with Gasteiger partial charge in [0.15, 0.2) is 0 Å². The summed E-state index contributed by atoms with van der Waals surface area (Å²) in [6.07, 6.45) is 0. The third-order valence-electron chi connectivity index (χ3n) is 7.24. The van der Waals surface area contributed by atoms with Crippen LogP contribution in [0.1, 0.15) is 0 Å². The second-order valence-corrected chi connectivity index (χ2v) is 9.53. The highest BCUT2D eigenvalue weighted by Crippen LogP contribution is 2.34. The molecule has 0 saturated heterocycles. The minimum atomic E-state index is 1.08. The minimum Gasteiger partial charge on any atom is -0.356 e. The summed E-state index contributed by atoms with van der Waals surface area (Å²) < 4.78 is 0. The molecule has 1 nitrogen and oxygen atoms in total. The fourth-order valence-electron chi connectivity index (χ4n) is 5.29. The highest BCUT2D eigenvalue weighted by atomic mass is 14.9. The molecule has 0 unspecified atom stereocenters. The zero-order valence-corrected chi connectivity index (χ0v) is 20.4. The maximum absolute atomic E-state index is 3.53. The van der Waals surface area contributed by atoms with Crippen molar-refractivity contribution in [2.24, 2.45) is 0 Å². The van der Waals surface area contributed by atoms with Crippen molar-refractivity contribution in [3.8, 4) is 22.3 Å². The van der Waals surface area contributed by atoms with E-state index in [0.29, 0.717) is 0 Å². The van der Waals surface area contributed by atoms with E-state index in [1.165, 1.54) is 54.6 Å². The molecule has 0 bridgehead atoms. The molecule has 7 rings (SSSR count). The topological polar surface area (TPSA) is 12.0 Å². The smallest absolute Gasteiger partial charge is 0.0384 e. The lowest BCUT2D eigenvalue weighted by Crippen LogP contribution is -1.90. The van der Waals surface area contributed by atoms with Crippen molar-refractivity contribution in [2.45, 2.75) is 0 Å². The Morgan fingerprint density at radius 1 is 0.297 bits per heavy atom. The Morgan fingerprint density at radius 3 is 1.49 bits per heavy atom. The number of anilines is 2. The lowest BCUT2D eigenvalue weighted by molar-refractivity contribution is 1.54. The first-order valence-electron chi connectivity index (χ1n) is 12.7. The maximum Gasteiger partial charge on any atom is 0.0384 e. The Kier molecular flexibility index (Phi) is 5.19. The molecule has 174 valence electrons. The first kappa shape index (κ1) is 21.4. The number of hydrogen-bond donors (Lipinski definition) is 1. The third kappa shape index (κ3) is 4.01. The summed E-state index contributed by atoms with van der Waals surface area (Å²) in [5.41, 5.74) is 7.05. The second-order valence-electron chi connectivity index (χ2n) is 9.53. The van der Waals surface area contributed by atoms with Crippen molar-refractivity contribution in [3.63, 3.8) is 0 Å². The van der Waals surface area contributed by atoms with Gasteiger partial charge in [0.25, 0.3) is 0 Å². The van der Waals surface area contributed by atoms with E-state index < -0.39 is 0 Å². The largest absolute Gasteiger partial charge is 0.356 e. The van der Waals surface area contributed by atoms with Crippen LogP contribution < -0.4 is 5.32 Å². The molecule has 0 heterocycles. The van der Waals surface area contributed by atoms with Crippen molar-refractivity contribution in [1.29, 1.82) is 0 Å². The van der Waals surface area contributed by atoms with E-state index in [-0.39, 0.29) is 0 Å². The van der Waals surface area contributed by atoms with Crippen LogP contribution in [0, 0.1) is 0 Å². The Bertz CT molecular complexity index is 1870. The van der Waals surface area contributed by atoms with E-state index in [1.807, 2.05) is 6.07 Å². The predicted molar refractivity (Wildman–Crippen MR) is 160 cm³/mol. The summed E-state index contributed by atoms with van der Waals surface area (Å²) >= 11 is 0. The average molecular weight is 472 g/mol. The summed E-state index contributed by atoms with van der Waals surface area (Å²) in [4.78, 5) is 0. The molecule has 0 radical (unpaired) electrons. The van der Waals surface area contributed by atoms with Gasteiger partial charge in [0, 0.05) is 11.4 Å². The third-order valence-corrected chi connectivity index (χ3v) is 7.24. The summed E-state index contributed by atoms with van der Waals surface area (Å²) in [5, 5.41) is 11.3. The molecule has 0 aromatic heterocycles. The van der Waals surface area contributed by atoms with Gasteiger partial charge in [0.2, 0.25) is 0 Å². The molecule has 0 spiro atoms. The van der Waals surface area contributed by atoms with Crippen molar-refractivity contribution in [2.75, 3.05) is 5.32 Å². The molecular formula is C36H25N. The van der Waals surface area contributed by atoms with Crippen LogP contribution in [0.15, 0.2) is 146 Å². The number of fused-ring (bicyclic) bond motifs is 5. The molecule has 0 aliphatic rings. The molecule has 37 heavy (non-hydrogen) atoms. The number of rotatable bonds is 4. The molecule has 7 aromatic carbocycles. The van der Waals surface area contributed by atoms with Crippen LogP contribution in [0.5, 0.6) is 0 Å². The van der Waals surface area contributed by atoms with Crippen LogP contribution in [0.4, 0.5) is 11.4 Å². The molecule has 1 heteroatoms. The van der Waals surface area contributed by atoms with Gasteiger partial charge in [0.1, 0.15) is 0 Å². The average Bonchev–Trinajstić information content (AvgIpc) is 2.98. The molecule has 0 atom stereocenters. The van der Waals surface area contributed by atoms with Gasteiger partial charge in [-0.25, -0.2) is 0 Å². The van der Waals surface area contributed by atoms with Crippen LogP contribution in [-0.2, 0) is 0 Å². The van der Waals surface area contributed by atoms with Crippen molar-refractivity contribution in [1.82, 2.24) is 0 Å². The molecule has 0 fully saturated rings. The Balaban J connectivity index is 1.18. The quantitative estimate of drug-likeness (QED) is 0.252. The summed E-state index contributed by atoms with van der Waals surface area (Å²) in [6.45, 7) is 0. The first-order chi connectivity index (χ1) is 18.3. The fourth-order valence-corrected chi connectivity index (χ4v) is 5.29. The highest BCUT2D eigenvalue weighted by Gasteiger charge is 2.07. The molecule has 0 saturated carbocycles. The van der Waals surface area contributed by atoms with E-state index in [1.54, 1.807) is 0 Å². The van der Waals surface area contributed by atoms with Gasteiger partial charge in [-0.1, -0.05) is 115 Å². The van der Waals surface area contributed by atoms with Crippen LogP contribution in [0.25, 0.3) is 54.6 Å². The predicted octanol–water partition coefficient (Wildman–Crippen LogP) is 10.2. The molecule has 1 N–H and O–H groups in total. The monoisotopic (exact) mass is 471 g/mol. The maximum atomic E-state index is 3.53. The van der Waals surface area contributed by atoms with Crippen LogP contribution >= 0.6 is 0 Å². The van der Waals surface area contributed by atoms with Crippen molar-refractivity contribution < 1.29 is 0 Å². The van der Waals surface area contributed by atoms with Gasteiger partial charge in [-0.2, -0.15) is 0 Å². The van der Waals surface area contributed by atoms with E-state index in [0.717, 1.165) is 11.4 Å². The number of hydrogen-bond acceptors (Lipinski definition) is 1. The van der Waals surface area contributed by atoms with Crippen molar-refractivity contribution >= 4 is 43.7 Å².